The summed E-state index contributed by atoms with van der Waals surface area (Å²) in [6.45, 7) is 0. The van der Waals surface area contributed by atoms with Gasteiger partial charge in [-0.05, 0) is 95.1 Å². The molecule has 0 spiro atoms. The molecule has 0 atom stereocenters. The molecule has 0 N–H and O–H groups in total. The number of para-hydroxylation sites is 1. The molecule has 0 fully saturated rings. The highest BCUT2D eigenvalue weighted by molar-refractivity contribution is 7.26. The lowest BCUT2D eigenvalue weighted by atomic mass is 9.99. The number of aromatic nitrogens is 4. The lowest BCUT2D eigenvalue weighted by molar-refractivity contribution is 0.669. The third-order valence-corrected chi connectivity index (χ3v) is 16.1. The molecule has 0 unspecified atom stereocenters. The van der Waals surface area contributed by atoms with Crippen LogP contribution in [0.25, 0.3) is 146 Å². The van der Waals surface area contributed by atoms with E-state index in [4.69, 9.17) is 19.4 Å². The van der Waals surface area contributed by atoms with Gasteiger partial charge in [-0.25, -0.2) is 15.0 Å². The van der Waals surface area contributed by atoms with Crippen LogP contribution >= 0.6 is 22.7 Å². The van der Waals surface area contributed by atoms with Gasteiger partial charge in [-0.2, -0.15) is 0 Å². The number of benzene rings is 10. The van der Waals surface area contributed by atoms with Crippen LogP contribution in [0.4, 0.5) is 0 Å². The van der Waals surface area contributed by atoms with Crippen molar-refractivity contribution in [2.75, 3.05) is 0 Å². The summed E-state index contributed by atoms with van der Waals surface area (Å²) in [4.78, 5) is 15.9. The van der Waals surface area contributed by atoms with E-state index >= 15 is 0 Å². The predicted molar refractivity (Wildman–Crippen MR) is 294 cm³/mol. The summed E-state index contributed by atoms with van der Waals surface area (Å²) >= 11 is 3.59. The third kappa shape index (κ3) is 6.19. The van der Waals surface area contributed by atoms with Crippen molar-refractivity contribution in [3.63, 3.8) is 0 Å². The zero-order chi connectivity index (χ0) is 45.9. The Morgan fingerprint density at radius 2 is 0.857 bits per heavy atom. The van der Waals surface area contributed by atoms with E-state index in [0.717, 1.165) is 61.0 Å². The Hall–Kier alpha value is -8.75. The first kappa shape index (κ1) is 39.3. The van der Waals surface area contributed by atoms with Crippen molar-refractivity contribution in [2.45, 2.75) is 0 Å². The molecule has 0 saturated heterocycles. The molecule has 15 rings (SSSR count). The average Bonchev–Trinajstić information content (AvgIpc) is 4.19. The van der Waals surface area contributed by atoms with E-state index in [1.807, 2.05) is 12.1 Å². The fraction of sp³-hybridized carbons (Fsp3) is 0. The summed E-state index contributed by atoms with van der Waals surface area (Å²) in [5.74, 6) is 1.85. The maximum Gasteiger partial charge on any atom is 0.164 e. The number of thiophene rings is 2. The van der Waals surface area contributed by atoms with Gasteiger partial charge in [0.25, 0.3) is 0 Å². The van der Waals surface area contributed by atoms with Crippen LogP contribution in [0.2, 0.25) is 0 Å². The van der Waals surface area contributed by atoms with Crippen LogP contribution < -0.4 is 0 Å². The second-order valence-electron chi connectivity index (χ2n) is 17.9. The smallest absolute Gasteiger partial charge is 0.164 e. The molecule has 10 aromatic carbocycles. The molecule has 5 aromatic heterocycles. The van der Waals surface area contributed by atoms with E-state index in [2.05, 4.69) is 211 Å². The molecule has 0 aliphatic heterocycles. The molecule has 0 amide bonds. The summed E-state index contributed by atoms with van der Waals surface area (Å²) in [6, 6.07) is 78.1. The Labute approximate surface area is 408 Å². The first-order valence-corrected chi connectivity index (χ1v) is 25.0. The highest BCUT2D eigenvalue weighted by Crippen LogP contribution is 2.42. The van der Waals surface area contributed by atoms with Gasteiger partial charge in [0.05, 0.1) is 11.0 Å². The SMILES string of the molecule is c1ccc(-c2cccc(-n3c4ccccc4c4cc(-c5ccc6oc7cccc(-c8nc(-c9ccc%10c(c9)sc9ccccc9%10)nc(-c9ccc%10c(c9)sc9ccccc9%10)n8)c7c6c5)ccc43)c2)cc1. The fourth-order valence-electron chi connectivity index (χ4n) is 10.6. The summed E-state index contributed by atoms with van der Waals surface area (Å²) in [6.07, 6.45) is 0. The van der Waals surface area contributed by atoms with Gasteiger partial charge in [-0.15, -0.1) is 22.7 Å². The summed E-state index contributed by atoms with van der Waals surface area (Å²) in [5.41, 5.74) is 12.4. The summed E-state index contributed by atoms with van der Waals surface area (Å²) < 4.78 is 13.9. The first-order chi connectivity index (χ1) is 34.6. The lowest BCUT2D eigenvalue weighted by Crippen LogP contribution is -2.00. The second-order valence-corrected chi connectivity index (χ2v) is 20.1. The number of nitrogens with zero attached hydrogens (tertiary/aromatic N) is 4. The van der Waals surface area contributed by atoms with Crippen molar-refractivity contribution in [2.24, 2.45) is 0 Å². The monoisotopic (exact) mass is 928 g/mol. The van der Waals surface area contributed by atoms with Crippen LogP contribution in [0.3, 0.4) is 0 Å². The van der Waals surface area contributed by atoms with Crippen molar-refractivity contribution in [3.05, 3.63) is 218 Å². The van der Waals surface area contributed by atoms with Gasteiger partial charge < -0.3 is 8.98 Å². The minimum Gasteiger partial charge on any atom is -0.456 e. The van der Waals surface area contributed by atoms with Gasteiger partial charge in [-0.1, -0.05) is 146 Å². The second kappa shape index (κ2) is 15.4. The van der Waals surface area contributed by atoms with Crippen molar-refractivity contribution >= 4 is 107 Å². The van der Waals surface area contributed by atoms with Gasteiger partial charge >= 0.3 is 0 Å². The number of rotatable bonds is 6. The van der Waals surface area contributed by atoms with Gasteiger partial charge in [0, 0.05) is 84.3 Å². The predicted octanol–water partition coefficient (Wildman–Crippen LogP) is 17.9. The largest absolute Gasteiger partial charge is 0.456 e. The summed E-state index contributed by atoms with van der Waals surface area (Å²) in [5, 5.41) is 9.37. The van der Waals surface area contributed by atoms with Gasteiger partial charge in [0.1, 0.15) is 11.2 Å². The van der Waals surface area contributed by atoms with Crippen LogP contribution in [-0.2, 0) is 0 Å². The van der Waals surface area contributed by atoms with Crippen molar-refractivity contribution < 1.29 is 4.42 Å². The molecule has 0 aliphatic carbocycles. The average molecular weight is 929 g/mol. The van der Waals surface area contributed by atoms with Crippen LogP contribution in [0.15, 0.2) is 223 Å². The molecular weight excluding hydrogens is 893 g/mol. The Morgan fingerprint density at radius 3 is 1.59 bits per heavy atom. The molecule has 0 bridgehead atoms. The molecule has 70 heavy (non-hydrogen) atoms. The fourth-order valence-corrected chi connectivity index (χ4v) is 12.9. The number of fused-ring (bicyclic) bond motifs is 12. The molecule has 5 nitrogen and oxygen atoms in total. The number of hydrogen-bond acceptors (Lipinski definition) is 6. The third-order valence-electron chi connectivity index (χ3n) is 13.9. The minimum atomic E-state index is 0.595. The Kier molecular flexibility index (Phi) is 8.63. The molecule has 5 heterocycles. The Bertz CT molecular complexity index is 4480. The summed E-state index contributed by atoms with van der Waals surface area (Å²) in [7, 11) is 0. The van der Waals surface area contributed by atoms with Crippen LogP contribution in [-0.4, -0.2) is 19.5 Å². The van der Waals surface area contributed by atoms with E-state index in [-0.39, 0.29) is 0 Å². The molecule has 15 aromatic rings. The molecular formula is C63H36N4OS2. The molecule has 0 radical (unpaired) electrons. The Balaban J connectivity index is 0.891. The normalized spacial score (nSPS) is 12.0. The van der Waals surface area contributed by atoms with E-state index in [1.54, 1.807) is 22.7 Å². The maximum absolute atomic E-state index is 6.64. The van der Waals surface area contributed by atoms with Gasteiger partial charge in [0.2, 0.25) is 0 Å². The van der Waals surface area contributed by atoms with Gasteiger partial charge in [-0.3, -0.25) is 0 Å². The Morgan fingerprint density at radius 1 is 0.314 bits per heavy atom. The molecule has 326 valence electrons. The van der Waals surface area contributed by atoms with E-state index < -0.39 is 0 Å². The van der Waals surface area contributed by atoms with Crippen LogP contribution in [0.5, 0.6) is 0 Å². The number of hydrogen-bond donors (Lipinski definition) is 0. The van der Waals surface area contributed by atoms with E-state index in [0.29, 0.717) is 17.5 Å². The highest BCUT2D eigenvalue weighted by atomic mass is 32.1. The number of furan rings is 1. The highest BCUT2D eigenvalue weighted by Gasteiger charge is 2.21. The van der Waals surface area contributed by atoms with Crippen LogP contribution in [0.1, 0.15) is 0 Å². The zero-order valence-electron chi connectivity index (χ0n) is 37.3. The standard InChI is InChI=1S/C63H36N4OS2/c1-2-12-37(13-3-1)38-14-10-15-43(32-38)67-52-20-7-4-16-44(52)50-33-39(26-30-53(50)67)40-27-31-54-51(34-40)60-49(19-11-21-55(60)68-54)63-65-61(41-24-28-47-45-17-5-8-22-56(45)69-58(47)35-41)64-62(66-63)42-25-29-48-46-18-6-9-23-57(46)70-59(48)36-42/h1-36H. The van der Waals surface area contributed by atoms with Crippen molar-refractivity contribution in [1.29, 1.82) is 0 Å². The zero-order valence-corrected chi connectivity index (χ0v) is 38.9. The van der Waals surface area contributed by atoms with Crippen molar-refractivity contribution in [3.8, 4) is 62.1 Å². The molecule has 7 heteroatoms. The van der Waals surface area contributed by atoms with E-state index in [1.165, 1.54) is 67.8 Å². The van der Waals surface area contributed by atoms with E-state index in [9.17, 15) is 0 Å². The molecule has 0 saturated carbocycles. The first-order valence-electron chi connectivity index (χ1n) is 23.4. The van der Waals surface area contributed by atoms with Gasteiger partial charge in [0.15, 0.2) is 17.5 Å². The topological polar surface area (TPSA) is 56.7 Å². The quantitative estimate of drug-likeness (QED) is 0.167. The van der Waals surface area contributed by atoms with Crippen LogP contribution in [0, 0.1) is 0 Å². The molecule has 0 aliphatic rings. The van der Waals surface area contributed by atoms with Crippen molar-refractivity contribution in [1.82, 2.24) is 19.5 Å². The maximum atomic E-state index is 6.64. The lowest BCUT2D eigenvalue weighted by Gasteiger charge is -2.11. The minimum absolute atomic E-state index is 0.595.